The van der Waals surface area contributed by atoms with Gasteiger partial charge in [-0.2, -0.15) is 0 Å². The van der Waals surface area contributed by atoms with Crippen LogP contribution in [0.25, 0.3) is 0 Å². The topological polar surface area (TPSA) is 95.9 Å². The molecule has 2 aromatic rings. The van der Waals surface area contributed by atoms with Crippen molar-refractivity contribution < 1.29 is 23.1 Å². The van der Waals surface area contributed by atoms with Gasteiger partial charge in [0, 0.05) is 23.7 Å². The minimum Gasteiger partial charge on any atom is -0.487 e. The summed E-state index contributed by atoms with van der Waals surface area (Å²) in [6.07, 6.45) is 7.09. The summed E-state index contributed by atoms with van der Waals surface area (Å²) in [6, 6.07) is 11.1. The molecule has 0 spiro atoms. The first-order valence-electron chi connectivity index (χ1n) is 14.2. The average molecular weight is 575 g/mol. The molecule has 0 saturated heterocycles. The lowest BCUT2D eigenvalue weighted by Gasteiger charge is -2.43. The van der Waals surface area contributed by atoms with Crippen molar-refractivity contribution in [2.75, 3.05) is 18.0 Å². The number of amides is 1. The van der Waals surface area contributed by atoms with Crippen LogP contribution in [0.4, 0.5) is 5.69 Å². The molecule has 0 radical (unpaired) electrons. The van der Waals surface area contributed by atoms with Crippen molar-refractivity contribution in [3.05, 3.63) is 58.1 Å². The zero-order valence-electron chi connectivity index (χ0n) is 22.6. The fraction of sp³-hybridized carbons (Fsp3) is 0.567. The molecule has 39 heavy (non-hydrogen) atoms. The van der Waals surface area contributed by atoms with Crippen molar-refractivity contribution in [2.45, 2.75) is 82.7 Å². The number of aliphatic hydroxyl groups excluding tert-OH is 1. The van der Waals surface area contributed by atoms with Gasteiger partial charge in [0.1, 0.15) is 12.4 Å². The lowest BCUT2D eigenvalue weighted by atomic mass is 9.69. The van der Waals surface area contributed by atoms with E-state index in [4.69, 9.17) is 16.3 Å². The van der Waals surface area contributed by atoms with E-state index in [0.717, 1.165) is 62.9 Å². The highest BCUT2D eigenvalue weighted by Crippen LogP contribution is 2.41. The Morgan fingerprint density at radius 2 is 1.82 bits per heavy atom. The number of halogens is 1. The van der Waals surface area contributed by atoms with Gasteiger partial charge >= 0.3 is 0 Å². The molecular weight excluding hydrogens is 536 g/mol. The number of rotatable bonds is 0. The van der Waals surface area contributed by atoms with E-state index in [2.05, 4.69) is 9.62 Å². The highest BCUT2D eigenvalue weighted by Gasteiger charge is 2.37. The van der Waals surface area contributed by atoms with E-state index in [1.165, 1.54) is 5.56 Å². The molecule has 2 heterocycles. The van der Waals surface area contributed by atoms with Gasteiger partial charge < -0.3 is 14.7 Å². The van der Waals surface area contributed by atoms with Gasteiger partial charge in [0.25, 0.3) is 5.91 Å². The predicted molar refractivity (Wildman–Crippen MR) is 154 cm³/mol. The van der Waals surface area contributed by atoms with E-state index in [-0.39, 0.29) is 17.6 Å². The van der Waals surface area contributed by atoms with Crippen molar-refractivity contribution in [1.29, 1.82) is 0 Å². The molecule has 2 N–H and O–H groups in total. The van der Waals surface area contributed by atoms with Crippen LogP contribution in [0.2, 0.25) is 5.02 Å². The summed E-state index contributed by atoms with van der Waals surface area (Å²) in [7, 11) is -3.83. The van der Waals surface area contributed by atoms with E-state index in [1.54, 1.807) is 25.1 Å². The number of carbonyl (C=O) groups is 1. The Morgan fingerprint density at radius 1 is 1.00 bits per heavy atom. The summed E-state index contributed by atoms with van der Waals surface area (Å²) in [5.41, 5.74) is 3.34. The van der Waals surface area contributed by atoms with Crippen LogP contribution in [0.5, 0.6) is 5.75 Å². The Labute approximate surface area is 236 Å². The number of ether oxygens (including phenoxy) is 1. The molecule has 5 rings (SSSR count). The van der Waals surface area contributed by atoms with Crippen molar-refractivity contribution in [3.8, 4) is 5.75 Å². The van der Waals surface area contributed by atoms with Gasteiger partial charge in [-0.3, -0.25) is 4.79 Å². The SMILES string of the molecule is C[C@@H]1CCCC[C@@H](O)[C@@H]2CC[C@H]2CN2CCCCc3cc(Cl)ccc3COc3ccc(cc32)C(=O)NS1(=O)=O. The summed E-state index contributed by atoms with van der Waals surface area (Å²) in [4.78, 5) is 15.4. The number of nitrogens with zero attached hydrogens (tertiary/aromatic N) is 1. The number of anilines is 1. The van der Waals surface area contributed by atoms with Crippen LogP contribution in [0.1, 0.15) is 79.8 Å². The quantitative estimate of drug-likeness (QED) is 0.433. The maximum absolute atomic E-state index is 13.2. The van der Waals surface area contributed by atoms with Crippen LogP contribution in [0.3, 0.4) is 0 Å². The maximum atomic E-state index is 13.2. The minimum atomic E-state index is -3.83. The summed E-state index contributed by atoms with van der Waals surface area (Å²) in [5, 5.41) is 11.0. The fourth-order valence-electron chi connectivity index (χ4n) is 6.13. The maximum Gasteiger partial charge on any atom is 0.264 e. The lowest BCUT2D eigenvalue weighted by Crippen LogP contribution is -2.44. The third kappa shape index (κ3) is 6.55. The molecule has 1 saturated carbocycles. The Hall–Kier alpha value is -2.29. The Kier molecular flexibility index (Phi) is 8.74. The first-order valence-corrected chi connectivity index (χ1v) is 16.2. The number of sulfonamides is 1. The summed E-state index contributed by atoms with van der Waals surface area (Å²) in [6.45, 7) is 3.53. The Morgan fingerprint density at radius 3 is 2.62 bits per heavy atom. The molecule has 2 bridgehead atoms. The number of aryl methyl sites for hydroxylation is 1. The fourth-order valence-corrected chi connectivity index (χ4v) is 7.38. The van der Waals surface area contributed by atoms with E-state index in [9.17, 15) is 18.3 Å². The van der Waals surface area contributed by atoms with Gasteiger partial charge in [0.05, 0.1) is 17.0 Å². The average Bonchev–Trinajstić information content (AvgIpc) is 2.91. The predicted octanol–water partition coefficient (Wildman–Crippen LogP) is 5.47. The highest BCUT2D eigenvalue weighted by molar-refractivity contribution is 7.90. The summed E-state index contributed by atoms with van der Waals surface area (Å²) in [5.74, 6) is 0.629. The summed E-state index contributed by atoms with van der Waals surface area (Å²) >= 11 is 6.29. The molecule has 2 aliphatic heterocycles. The van der Waals surface area contributed by atoms with Crippen LogP contribution in [0.15, 0.2) is 36.4 Å². The number of benzene rings is 2. The Balaban J connectivity index is 1.52. The molecule has 212 valence electrons. The van der Waals surface area contributed by atoms with E-state index in [1.807, 2.05) is 18.2 Å². The zero-order chi connectivity index (χ0) is 27.6. The number of fused-ring (bicyclic) bond motifs is 3. The molecule has 1 aliphatic carbocycles. The second kappa shape index (κ2) is 12.1. The molecule has 9 heteroatoms. The molecule has 0 aromatic heterocycles. The molecule has 1 amide bonds. The van der Waals surface area contributed by atoms with Gasteiger partial charge in [0.2, 0.25) is 10.0 Å². The van der Waals surface area contributed by atoms with Crippen LogP contribution in [-0.2, 0) is 23.1 Å². The van der Waals surface area contributed by atoms with E-state index < -0.39 is 21.2 Å². The smallest absolute Gasteiger partial charge is 0.264 e. The molecule has 0 unspecified atom stereocenters. The van der Waals surface area contributed by atoms with Crippen LogP contribution in [0, 0.1) is 11.8 Å². The van der Waals surface area contributed by atoms with E-state index in [0.29, 0.717) is 42.6 Å². The molecule has 3 aliphatic rings. The van der Waals surface area contributed by atoms with Gasteiger partial charge in [-0.25, -0.2) is 13.1 Å². The number of nitrogens with one attached hydrogen (secondary N) is 1. The van der Waals surface area contributed by atoms with Crippen molar-refractivity contribution in [3.63, 3.8) is 0 Å². The zero-order valence-corrected chi connectivity index (χ0v) is 24.1. The lowest BCUT2D eigenvalue weighted by molar-refractivity contribution is 0.00935. The largest absolute Gasteiger partial charge is 0.487 e. The normalized spacial score (nSPS) is 28.0. The number of hydrogen-bond acceptors (Lipinski definition) is 6. The third-order valence-corrected chi connectivity index (χ3v) is 10.8. The van der Waals surface area contributed by atoms with Gasteiger partial charge in [-0.15, -0.1) is 0 Å². The Bertz CT molecular complexity index is 1300. The molecule has 7 nitrogen and oxygen atoms in total. The highest BCUT2D eigenvalue weighted by atomic mass is 35.5. The third-order valence-electron chi connectivity index (χ3n) is 8.79. The molecular formula is C30H39ClN2O5S. The van der Waals surface area contributed by atoms with Crippen LogP contribution >= 0.6 is 11.6 Å². The van der Waals surface area contributed by atoms with Crippen LogP contribution < -0.4 is 14.4 Å². The van der Waals surface area contributed by atoms with Crippen molar-refractivity contribution in [2.24, 2.45) is 11.8 Å². The van der Waals surface area contributed by atoms with Gasteiger partial charge in [-0.1, -0.05) is 30.5 Å². The monoisotopic (exact) mass is 574 g/mol. The first-order chi connectivity index (χ1) is 18.7. The van der Waals surface area contributed by atoms with Crippen LogP contribution in [-0.4, -0.2) is 43.9 Å². The van der Waals surface area contributed by atoms with Gasteiger partial charge in [0.15, 0.2) is 0 Å². The molecule has 2 aromatic carbocycles. The van der Waals surface area contributed by atoms with Crippen molar-refractivity contribution in [1.82, 2.24) is 4.72 Å². The summed E-state index contributed by atoms with van der Waals surface area (Å²) < 4.78 is 34.5. The minimum absolute atomic E-state index is 0.236. The van der Waals surface area contributed by atoms with E-state index >= 15 is 0 Å². The van der Waals surface area contributed by atoms with Crippen molar-refractivity contribution >= 4 is 33.2 Å². The second-order valence-corrected chi connectivity index (χ2v) is 14.0. The first kappa shape index (κ1) is 28.2. The standard InChI is InChI=1S/C30H39ClN2O5S/c1-20-6-2-3-8-28(34)26-13-10-23(26)18-33-15-5-4-7-21-16-25(31)12-9-24(21)19-38-29-14-11-22(17-27(29)33)30(35)32-39(20,36)37/h9,11-12,14,16-17,20,23,26,28,34H,2-8,10,13,15,18-19H2,1H3,(H,32,35)/t20-,23+,26-,28-/m1/s1. The second-order valence-electron chi connectivity index (χ2n) is 11.4. The molecule has 1 fully saturated rings. The number of carbonyl (C=O) groups excluding carboxylic acids is 1. The van der Waals surface area contributed by atoms with Gasteiger partial charge in [-0.05, 0) is 105 Å². The molecule has 4 atom stereocenters. The number of aliphatic hydroxyl groups is 1. The number of hydrogen-bond donors (Lipinski definition) is 2.